The van der Waals surface area contributed by atoms with Crippen LogP contribution >= 0.6 is 23.2 Å². The number of benzene rings is 2. The van der Waals surface area contributed by atoms with E-state index in [0.717, 1.165) is 5.56 Å². The molecule has 2 heterocycles. The van der Waals surface area contributed by atoms with Crippen LogP contribution in [-0.4, -0.2) is 51.3 Å². The lowest BCUT2D eigenvalue weighted by Crippen LogP contribution is -2.39. The van der Waals surface area contributed by atoms with Crippen molar-refractivity contribution in [2.45, 2.75) is 52.3 Å². The Morgan fingerprint density at radius 1 is 1.14 bits per heavy atom. The fourth-order valence-corrected chi connectivity index (χ4v) is 5.60. The fraction of sp³-hybridized carbons (Fsp3) is 0.423. The molecular weight excluding hydrogens is 532 g/mol. The van der Waals surface area contributed by atoms with Crippen molar-refractivity contribution in [1.82, 2.24) is 9.47 Å². The molecule has 37 heavy (non-hydrogen) atoms. The summed E-state index contributed by atoms with van der Waals surface area (Å²) in [6.45, 7) is 4.66. The number of aromatic nitrogens is 1. The smallest absolute Gasteiger partial charge is 0.406 e. The van der Waals surface area contributed by atoms with Gasteiger partial charge in [0.25, 0.3) is 5.91 Å². The summed E-state index contributed by atoms with van der Waals surface area (Å²) in [5.41, 5.74) is 2.89. The zero-order valence-corrected chi connectivity index (χ0v) is 21.8. The van der Waals surface area contributed by atoms with E-state index in [1.165, 1.54) is 12.1 Å². The zero-order valence-electron chi connectivity index (χ0n) is 20.3. The summed E-state index contributed by atoms with van der Waals surface area (Å²) < 4.78 is 44.2. The molecule has 0 radical (unpaired) electrons. The number of piperidine rings is 1. The maximum atomic E-state index is 13.3. The molecule has 6 nitrogen and oxygen atoms in total. The van der Waals surface area contributed by atoms with E-state index in [1.807, 2.05) is 4.57 Å². The molecule has 0 aliphatic carbocycles. The van der Waals surface area contributed by atoms with Crippen LogP contribution in [0.3, 0.4) is 0 Å². The zero-order chi connectivity index (χ0) is 27.1. The first-order valence-electron chi connectivity index (χ1n) is 11.8. The third-order valence-corrected chi connectivity index (χ3v) is 7.55. The van der Waals surface area contributed by atoms with Gasteiger partial charge in [0.05, 0.1) is 22.6 Å². The first kappa shape index (κ1) is 27.6. The van der Waals surface area contributed by atoms with Crippen LogP contribution in [0.1, 0.15) is 46.3 Å². The molecule has 1 aliphatic rings. The van der Waals surface area contributed by atoms with Gasteiger partial charge in [0.1, 0.15) is 5.75 Å². The van der Waals surface area contributed by atoms with E-state index in [9.17, 15) is 28.2 Å². The first-order valence-corrected chi connectivity index (χ1v) is 12.6. The Balaban J connectivity index is 1.61. The molecule has 0 spiro atoms. The number of aliphatic hydroxyl groups excluding tert-OH is 1. The van der Waals surface area contributed by atoms with Crippen molar-refractivity contribution in [2.75, 3.05) is 13.1 Å². The number of ether oxygens (including phenoxy) is 1. The van der Waals surface area contributed by atoms with Crippen LogP contribution < -0.4 is 4.74 Å². The molecule has 200 valence electrons. The van der Waals surface area contributed by atoms with E-state index >= 15 is 0 Å². The lowest BCUT2D eigenvalue weighted by Gasteiger charge is -2.32. The van der Waals surface area contributed by atoms with Crippen LogP contribution in [-0.2, 0) is 6.54 Å². The Kier molecular flexibility index (Phi) is 7.99. The lowest BCUT2D eigenvalue weighted by atomic mass is 9.93. The normalized spacial score (nSPS) is 15.1. The molecule has 1 aromatic heterocycles. The molecule has 1 amide bonds. The van der Waals surface area contributed by atoms with Crippen molar-refractivity contribution in [3.8, 4) is 5.75 Å². The molecule has 0 bridgehead atoms. The predicted molar refractivity (Wildman–Crippen MR) is 135 cm³/mol. The highest BCUT2D eigenvalue weighted by Crippen LogP contribution is 2.35. The van der Waals surface area contributed by atoms with Gasteiger partial charge in [-0.15, -0.1) is 13.2 Å². The van der Waals surface area contributed by atoms with Gasteiger partial charge in [-0.25, -0.2) is 0 Å². The van der Waals surface area contributed by atoms with E-state index in [0.29, 0.717) is 58.5 Å². The second-order valence-corrected chi connectivity index (χ2v) is 10.2. The summed E-state index contributed by atoms with van der Waals surface area (Å²) in [5, 5.41) is 19.6. The third kappa shape index (κ3) is 6.17. The van der Waals surface area contributed by atoms with Gasteiger partial charge < -0.3 is 24.4 Å². The molecule has 2 N–H and O–H groups in total. The SMILES string of the molecule is Cc1cn(Cc2c(Cl)ccc(C(=O)N3CCC(CC(O)O)CC3)c2Cl)c2c(C)cc(OC(F)(F)F)cc12. The predicted octanol–water partition coefficient (Wildman–Crippen LogP) is 6.06. The summed E-state index contributed by atoms with van der Waals surface area (Å²) in [4.78, 5) is 15.0. The number of aliphatic hydroxyl groups is 2. The Hall–Kier alpha value is -2.46. The second-order valence-electron chi connectivity index (χ2n) is 9.46. The highest BCUT2D eigenvalue weighted by molar-refractivity contribution is 6.38. The number of carbonyl (C=O) groups excluding carboxylic acids is 1. The van der Waals surface area contributed by atoms with Crippen LogP contribution in [0.5, 0.6) is 5.75 Å². The molecule has 0 saturated carbocycles. The molecule has 11 heteroatoms. The van der Waals surface area contributed by atoms with Crippen LogP contribution in [0.25, 0.3) is 10.9 Å². The van der Waals surface area contributed by atoms with Crippen molar-refractivity contribution < 1.29 is 32.9 Å². The molecule has 1 aliphatic heterocycles. The number of alkyl halides is 3. The van der Waals surface area contributed by atoms with Crippen LogP contribution in [0.2, 0.25) is 10.0 Å². The van der Waals surface area contributed by atoms with E-state index < -0.39 is 12.7 Å². The molecule has 1 saturated heterocycles. The Bertz CT molecular complexity index is 1320. The van der Waals surface area contributed by atoms with Gasteiger partial charge in [0, 0.05) is 41.7 Å². The van der Waals surface area contributed by atoms with Gasteiger partial charge in [0.15, 0.2) is 6.29 Å². The average molecular weight is 559 g/mol. The van der Waals surface area contributed by atoms with E-state index in [2.05, 4.69) is 4.74 Å². The van der Waals surface area contributed by atoms with Gasteiger partial charge in [-0.1, -0.05) is 23.2 Å². The number of aryl methyl sites for hydroxylation is 2. The summed E-state index contributed by atoms with van der Waals surface area (Å²) >= 11 is 13.2. The topological polar surface area (TPSA) is 74.9 Å². The molecule has 0 unspecified atom stereocenters. The van der Waals surface area contributed by atoms with E-state index in [1.54, 1.807) is 37.1 Å². The molecule has 2 aromatic carbocycles. The van der Waals surface area contributed by atoms with Crippen LogP contribution in [0.4, 0.5) is 13.2 Å². The number of halogens is 5. The lowest BCUT2D eigenvalue weighted by molar-refractivity contribution is -0.274. The summed E-state index contributed by atoms with van der Waals surface area (Å²) in [6.07, 6.45) is -2.75. The van der Waals surface area contributed by atoms with Gasteiger partial charge in [-0.3, -0.25) is 4.79 Å². The number of hydrogen-bond acceptors (Lipinski definition) is 4. The average Bonchev–Trinajstić information content (AvgIpc) is 3.10. The summed E-state index contributed by atoms with van der Waals surface area (Å²) in [6, 6.07) is 5.88. The number of carbonyl (C=O) groups is 1. The summed E-state index contributed by atoms with van der Waals surface area (Å²) in [5.74, 6) is -0.389. The Morgan fingerprint density at radius 3 is 2.43 bits per heavy atom. The Labute approximate surface area is 222 Å². The van der Waals surface area contributed by atoms with Crippen LogP contribution in [0, 0.1) is 19.8 Å². The van der Waals surface area contributed by atoms with Crippen molar-refractivity contribution in [3.63, 3.8) is 0 Å². The summed E-state index contributed by atoms with van der Waals surface area (Å²) in [7, 11) is 0. The fourth-order valence-electron chi connectivity index (χ4n) is 5.03. The van der Waals surface area contributed by atoms with E-state index in [-0.39, 0.29) is 35.6 Å². The maximum absolute atomic E-state index is 13.3. The van der Waals surface area contributed by atoms with Crippen molar-refractivity contribution in [2.24, 2.45) is 5.92 Å². The van der Waals surface area contributed by atoms with Crippen molar-refractivity contribution >= 4 is 40.0 Å². The quantitative estimate of drug-likeness (QED) is 0.360. The van der Waals surface area contributed by atoms with E-state index in [4.69, 9.17) is 23.2 Å². The van der Waals surface area contributed by atoms with Crippen LogP contribution in [0.15, 0.2) is 30.5 Å². The number of rotatable bonds is 6. The number of likely N-dealkylation sites (tertiary alicyclic amines) is 1. The molecule has 1 fully saturated rings. The van der Waals surface area contributed by atoms with Crippen molar-refractivity contribution in [1.29, 1.82) is 0 Å². The van der Waals surface area contributed by atoms with Gasteiger partial charge >= 0.3 is 6.36 Å². The number of fused-ring (bicyclic) bond motifs is 1. The molecular formula is C26H27Cl2F3N2O4. The third-order valence-electron chi connectivity index (χ3n) is 6.76. The molecule has 3 aromatic rings. The van der Waals surface area contributed by atoms with Gasteiger partial charge in [-0.2, -0.15) is 0 Å². The number of nitrogens with zero attached hydrogens (tertiary/aromatic N) is 2. The highest BCUT2D eigenvalue weighted by Gasteiger charge is 2.32. The monoisotopic (exact) mass is 558 g/mol. The minimum absolute atomic E-state index is 0.135. The van der Waals surface area contributed by atoms with Crippen molar-refractivity contribution in [3.05, 3.63) is 62.8 Å². The molecule has 4 rings (SSSR count). The standard InChI is InChI=1S/C26H27Cl2F3N2O4/c1-14-9-17(37-26(29,30)31)11-19-15(2)12-33(24(14)19)13-20-21(27)4-3-18(23(20)28)25(36)32-7-5-16(6-8-32)10-22(34)35/h3-4,9,11-12,16,22,34-35H,5-8,10,13H2,1-2H3. The largest absolute Gasteiger partial charge is 0.573 e. The maximum Gasteiger partial charge on any atom is 0.573 e. The molecule has 0 atom stereocenters. The highest BCUT2D eigenvalue weighted by atomic mass is 35.5. The number of hydrogen-bond donors (Lipinski definition) is 2. The Morgan fingerprint density at radius 2 is 1.81 bits per heavy atom. The minimum Gasteiger partial charge on any atom is -0.406 e. The second kappa shape index (κ2) is 10.7. The number of amides is 1. The van der Waals surface area contributed by atoms with Gasteiger partial charge in [0.2, 0.25) is 0 Å². The van der Waals surface area contributed by atoms with Gasteiger partial charge in [-0.05, 0) is 68.0 Å². The first-order chi connectivity index (χ1) is 17.3. The minimum atomic E-state index is -4.79.